The van der Waals surface area contributed by atoms with Gasteiger partial charge in [0.2, 0.25) is 5.91 Å². The van der Waals surface area contributed by atoms with Gasteiger partial charge in [0, 0.05) is 19.1 Å². The number of likely N-dealkylation sites (N-methyl/N-ethyl adjacent to an activating group) is 1. The first-order valence-corrected chi connectivity index (χ1v) is 8.93. The average Bonchev–Trinajstić information content (AvgIpc) is 3.10. The van der Waals surface area contributed by atoms with E-state index in [0.29, 0.717) is 19.5 Å². The van der Waals surface area contributed by atoms with Crippen molar-refractivity contribution < 1.29 is 9.59 Å². The van der Waals surface area contributed by atoms with Crippen molar-refractivity contribution in [3.8, 4) is 0 Å². The largest absolute Gasteiger partial charge is 0.355 e. The smallest absolute Gasteiger partial charge is 0.264 e. The molecule has 0 unspecified atom stereocenters. The first-order valence-electron chi connectivity index (χ1n) is 8.05. The van der Waals surface area contributed by atoms with E-state index in [1.54, 1.807) is 4.90 Å². The lowest BCUT2D eigenvalue weighted by Crippen LogP contribution is -2.46. The normalized spacial score (nSPS) is 24.2. The van der Waals surface area contributed by atoms with Crippen LogP contribution in [0.25, 0.3) is 0 Å². The first-order chi connectivity index (χ1) is 10.6. The summed E-state index contributed by atoms with van der Waals surface area (Å²) in [7, 11) is 0. The fraction of sp³-hybridized carbons (Fsp3) is 0.625. The monoisotopic (exact) mass is 321 g/mol. The minimum Gasteiger partial charge on any atom is -0.355 e. The van der Waals surface area contributed by atoms with Gasteiger partial charge in [-0.2, -0.15) is 0 Å². The molecule has 2 heterocycles. The van der Waals surface area contributed by atoms with Crippen LogP contribution < -0.4 is 11.1 Å². The number of aryl methyl sites for hydroxylation is 1. The molecule has 0 saturated carbocycles. The Bertz CT molecular complexity index is 584. The molecule has 22 heavy (non-hydrogen) atoms. The molecule has 2 aliphatic rings. The van der Waals surface area contributed by atoms with E-state index in [-0.39, 0.29) is 17.9 Å². The number of hydrogen-bond donors (Lipinski definition) is 2. The van der Waals surface area contributed by atoms with Crippen LogP contribution in [0.1, 0.15) is 47.0 Å². The maximum Gasteiger partial charge on any atom is 0.264 e. The highest BCUT2D eigenvalue weighted by Crippen LogP contribution is 2.32. The third kappa shape index (κ3) is 2.77. The zero-order valence-corrected chi connectivity index (χ0v) is 13.7. The Morgan fingerprint density at radius 2 is 2.18 bits per heavy atom. The molecule has 0 spiro atoms. The van der Waals surface area contributed by atoms with Crippen LogP contribution in [0.15, 0.2) is 5.38 Å². The van der Waals surface area contributed by atoms with Crippen LogP contribution in [-0.2, 0) is 17.6 Å². The number of thiophene rings is 1. The molecule has 1 saturated heterocycles. The van der Waals surface area contributed by atoms with Crippen molar-refractivity contribution in [2.24, 2.45) is 5.73 Å². The van der Waals surface area contributed by atoms with E-state index in [1.165, 1.54) is 28.9 Å². The van der Waals surface area contributed by atoms with Gasteiger partial charge in [0.15, 0.2) is 0 Å². The van der Waals surface area contributed by atoms with Gasteiger partial charge in [-0.25, -0.2) is 0 Å². The van der Waals surface area contributed by atoms with E-state index in [9.17, 15) is 9.59 Å². The predicted octanol–water partition coefficient (Wildman–Crippen LogP) is 1.30. The van der Waals surface area contributed by atoms with Crippen LogP contribution in [0.3, 0.4) is 0 Å². The molecule has 120 valence electrons. The lowest BCUT2D eigenvalue weighted by Gasteiger charge is -2.24. The molecule has 0 bridgehead atoms. The molecule has 0 aromatic carbocycles. The van der Waals surface area contributed by atoms with Crippen molar-refractivity contribution in [2.45, 2.75) is 51.1 Å². The van der Waals surface area contributed by atoms with Gasteiger partial charge in [0.05, 0.1) is 4.88 Å². The van der Waals surface area contributed by atoms with Crippen molar-refractivity contribution in [1.29, 1.82) is 0 Å². The summed E-state index contributed by atoms with van der Waals surface area (Å²) in [5.41, 5.74) is 8.53. The SMILES string of the molecule is CCNC(=O)[C@@H]1C[C@H](N)CN1C(=O)c1scc2c1CCCC2. The Balaban J connectivity index is 1.84. The number of amides is 2. The number of nitrogens with two attached hydrogens (primary N) is 1. The number of carbonyl (C=O) groups is 2. The number of likely N-dealkylation sites (tertiary alicyclic amines) is 1. The first kappa shape index (κ1) is 15.5. The Hall–Kier alpha value is -1.40. The molecule has 2 atom stereocenters. The van der Waals surface area contributed by atoms with Crippen LogP contribution in [0, 0.1) is 0 Å². The van der Waals surface area contributed by atoms with Gasteiger partial charge >= 0.3 is 0 Å². The molecule has 6 heteroatoms. The number of hydrogen-bond acceptors (Lipinski definition) is 4. The molecule has 3 rings (SSSR count). The minimum atomic E-state index is -0.427. The maximum absolute atomic E-state index is 12.9. The Kier molecular flexibility index (Phi) is 4.49. The molecule has 3 N–H and O–H groups in total. The molecule has 0 radical (unpaired) electrons. The topological polar surface area (TPSA) is 75.4 Å². The summed E-state index contributed by atoms with van der Waals surface area (Å²) in [6.45, 7) is 2.92. The van der Waals surface area contributed by atoms with E-state index >= 15 is 0 Å². The summed E-state index contributed by atoms with van der Waals surface area (Å²) < 4.78 is 0. The third-order valence-electron chi connectivity index (χ3n) is 4.55. The molecule has 2 amide bonds. The summed E-state index contributed by atoms with van der Waals surface area (Å²) in [6.07, 6.45) is 4.94. The van der Waals surface area contributed by atoms with Gasteiger partial charge in [0.25, 0.3) is 5.91 Å². The second-order valence-corrected chi connectivity index (χ2v) is 7.02. The van der Waals surface area contributed by atoms with Crippen molar-refractivity contribution in [3.05, 3.63) is 21.4 Å². The fourth-order valence-corrected chi connectivity index (χ4v) is 4.58. The van der Waals surface area contributed by atoms with Crippen LogP contribution in [0.5, 0.6) is 0 Å². The zero-order chi connectivity index (χ0) is 15.7. The van der Waals surface area contributed by atoms with E-state index in [1.807, 2.05) is 6.92 Å². The van der Waals surface area contributed by atoms with E-state index in [2.05, 4.69) is 10.7 Å². The summed E-state index contributed by atoms with van der Waals surface area (Å²) >= 11 is 1.52. The molecule has 1 aromatic rings. The quantitative estimate of drug-likeness (QED) is 0.881. The van der Waals surface area contributed by atoms with Crippen LogP contribution in [-0.4, -0.2) is 41.9 Å². The maximum atomic E-state index is 12.9. The van der Waals surface area contributed by atoms with E-state index in [4.69, 9.17) is 5.73 Å². The number of carbonyl (C=O) groups excluding carboxylic acids is 2. The lowest BCUT2D eigenvalue weighted by atomic mass is 9.93. The molecule has 1 aliphatic heterocycles. The van der Waals surface area contributed by atoms with Crippen molar-refractivity contribution in [1.82, 2.24) is 10.2 Å². The Morgan fingerprint density at radius 1 is 1.41 bits per heavy atom. The van der Waals surface area contributed by atoms with Gasteiger partial charge in [-0.1, -0.05) is 0 Å². The fourth-order valence-electron chi connectivity index (χ4n) is 3.46. The average molecular weight is 321 g/mol. The molecule has 5 nitrogen and oxygen atoms in total. The van der Waals surface area contributed by atoms with Gasteiger partial charge in [-0.15, -0.1) is 11.3 Å². The van der Waals surface area contributed by atoms with E-state index in [0.717, 1.165) is 24.1 Å². The van der Waals surface area contributed by atoms with Gasteiger partial charge in [-0.3, -0.25) is 9.59 Å². The predicted molar refractivity (Wildman–Crippen MR) is 87.1 cm³/mol. The van der Waals surface area contributed by atoms with Gasteiger partial charge in [-0.05, 0) is 55.5 Å². The highest BCUT2D eigenvalue weighted by Gasteiger charge is 2.39. The number of rotatable bonds is 3. The number of fused-ring (bicyclic) bond motifs is 1. The van der Waals surface area contributed by atoms with E-state index < -0.39 is 6.04 Å². The summed E-state index contributed by atoms with van der Waals surface area (Å²) in [5, 5.41) is 4.93. The standard InChI is InChI=1S/C16H23N3O2S/c1-2-18-15(20)13-7-11(17)8-19(13)16(21)14-12-6-4-3-5-10(12)9-22-14/h9,11,13H,2-8,17H2,1H3,(H,18,20)/t11-,13-/m0/s1. The van der Waals surface area contributed by atoms with Crippen LogP contribution >= 0.6 is 11.3 Å². The minimum absolute atomic E-state index is 0.0163. The molecule has 1 fully saturated rings. The van der Waals surface area contributed by atoms with Crippen LogP contribution in [0.4, 0.5) is 0 Å². The molecular weight excluding hydrogens is 298 g/mol. The second kappa shape index (κ2) is 6.38. The van der Waals surface area contributed by atoms with Crippen molar-refractivity contribution >= 4 is 23.2 Å². The second-order valence-electron chi connectivity index (χ2n) is 6.14. The molecule has 1 aromatic heterocycles. The highest BCUT2D eigenvalue weighted by molar-refractivity contribution is 7.12. The molecular formula is C16H23N3O2S. The van der Waals surface area contributed by atoms with Crippen molar-refractivity contribution in [3.63, 3.8) is 0 Å². The van der Waals surface area contributed by atoms with Gasteiger partial charge < -0.3 is 16.0 Å². The van der Waals surface area contributed by atoms with Crippen LogP contribution in [0.2, 0.25) is 0 Å². The summed E-state index contributed by atoms with van der Waals surface area (Å²) in [6, 6.07) is -0.545. The summed E-state index contributed by atoms with van der Waals surface area (Å²) in [5.74, 6) is -0.105. The number of nitrogens with zero attached hydrogens (tertiary/aromatic N) is 1. The third-order valence-corrected chi connectivity index (χ3v) is 5.60. The Labute approximate surface area is 134 Å². The number of nitrogens with one attached hydrogen (secondary N) is 1. The van der Waals surface area contributed by atoms with Gasteiger partial charge in [0.1, 0.15) is 6.04 Å². The summed E-state index contributed by atoms with van der Waals surface area (Å²) in [4.78, 5) is 27.6. The highest BCUT2D eigenvalue weighted by atomic mass is 32.1. The molecule has 1 aliphatic carbocycles. The lowest BCUT2D eigenvalue weighted by molar-refractivity contribution is -0.124. The zero-order valence-electron chi connectivity index (χ0n) is 12.9. The Morgan fingerprint density at radius 3 is 2.95 bits per heavy atom. The van der Waals surface area contributed by atoms with Crippen molar-refractivity contribution in [2.75, 3.05) is 13.1 Å².